The molecule has 2 rings (SSSR count). The van der Waals surface area contributed by atoms with Gasteiger partial charge >= 0.3 is 0 Å². The van der Waals surface area contributed by atoms with Crippen molar-refractivity contribution < 1.29 is 0 Å². The number of benzene rings is 1. The zero-order valence-corrected chi connectivity index (χ0v) is 13.5. The van der Waals surface area contributed by atoms with E-state index >= 15 is 0 Å². The fourth-order valence-corrected chi connectivity index (χ4v) is 3.43. The van der Waals surface area contributed by atoms with Crippen molar-refractivity contribution in [1.82, 2.24) is 4.90 Å². The SMILES string of the molecule is CCc1ccc(C(N)CN2CC(C)CC(C)C2C)cc1. The van der Waals surface area contributed by atoms with Crippen LogP contribution >= 0.6 is 0 Å². The molecule has 1 aliphatic rings. The summed E-state index contributed by atoms with van der Waals surface area (Å²) in [5.74, 6) is 1.56. The van der Waals surface area contributed by atoms with Gasteiger partial charge in [0.15, 0.2) is 0 Å². The van der Waals surface area contributed by atoms with Crippen molar-refractivity contribution in [1.29, 1.82) is 0 Å². The molecule has 112 valence electrons. The van der Waals surface area contributed by atoms with Crippen molar-refractivity contribution in [3.05, 3.63) is 35.4 Å². The molecule has 2 N–H and O–H groups in total. The lowest BCUT2D eigenvalue weighted by Gasteiger charge is -2.42. The minimum absolute atomic E-state index is 0.126. The minimum Gasteiger partial charge on any atom is -0.323 e. The molecule has 0 saturated carbocycles. The second-order valence-corrected chi connectivity index (χ2v) is 6.71. The van der Waals surface area contributed by atoms with Crippen molar-refractivity contribution in [2.24, 2.45) is 17.6 Å². The van der Waals surface area contributed by atoms with Gasteiger partial charge in [-0.3, -0.25) is 4.90 Å². The summed E-state index contributed by atoms with van der Waals surface area (Å²) in [6.45, 7) is 11.4. The zero-order valence-electron chi connectivity index (χ0n) is 13.5. The Bertz CT molecular complexity index is 412. The van der Waals surface area contributed by atoms with Crippen LogP contribution in [-0.2, 0) is 6.42 Å². The van der Waals surface area contributed by atoms with Crippen molar-refractivity contribution in [3.8, 4) is 0 Å². The number of hydrogen-bond donors (Lipinski definition) is 1. The van der Waals surface area contributed by atoms with Crippen LogP contribution in [0.1, 0.15) is 51.3 Å². The average molecular weight is 274 g/mol. The largest absolute Gasteiger partial charge is 0.323 e. The second kappa shape index (κ2) is 6.73. The highest BCUT2D eigenvalue weighted by Crippen LogP contribution is 2.28. The molecule has 0 aromatic heterocycles. The average Bonchev–Trinajstić information content (AvgIpc) is 2.44. The normalized spacial score (nSPS) is 29.4. The van der Waals surface area contributed by atoms with Crippen LogP contribution in [0.2, 0.25) is 0 Å². The van der Waals surface area contributed by atoms with E-state index in [1.165, 1.54) is 24.1 Å². The van der Waals surface area contributed by atoms with Crippen LogP contribution in [0.4, 0.5) is 0 Å². The number of piperidine rings is 1. The van der Waals surface area contributed by atoms with E-state index in [1.54, 1.807) is 0 Å². The first-order valence-electron chi connectivity index (χ1n) is 8.09. The van der Waals surface area contributed by atoms with Gasteiger partial charge in [0.2, 0.25) is 0 Å². The molecule has 20 heavy (non-hydrogen) atoms. The fourth-order valence-electron chi connectivity index (χ4n) is 3.43. The van der Waals surface area contributed by atoms with Crippen molar-refractivity contribution in [3.63, 3.8) is 0 Å². The molecule has 1 heterocycles. The highest BCUT2D eigenvalue weighted by Gasteiger charge is 2.29. The molecular weight excluding hydrogens is 244 g/mol. The highest BCUT2D eigenvalue weighted by molar-refractivity contribution is 5.25. The predicted octanol–water partition coefficient (Wildman–Crippen LogP) is 3.62. The quantitative estimate of drug-likeness (QED) is 0.908. The monoisotopic (exact) mass is 274 g/mol. The maximum Gasteiger partial charge on any atom is 0.0424 e. The van der Waals surface area contributed by atoms with Gasteiger partial charge in [0.1, 0.15) is 0 Å². The highest BCUT2D eigenvalue weighted by atomic mass is 15.2. The molecule has 0 radical (unpaired) electrons. The Morgan fingerprint density at radius 3 is 2.45 bits per heavy atom. The molecule has 0 bridgehead atoms. The number of aryl methyl sites for hydroxylation is 1. The van der Waals surface area contributed by atoms with Crippen molar-refractivity contribution in [2.45, 2.75) is 52.6 Å². The first kappa shape index (κ1) is 15.5. The Labute approximate surface area is 124 Å². The molecule has 0 amide bonds. The minimum atomic E-state index is 0.126. The third-order valence-electron chi connectivity index (χ3n) is 4.97. The molecule has 2 heteroatoms. The van der Waals surface area contributed by atoms with Crippen LogP contribution in [0.5, 0.6) is 0 Å². The van der Waals surface area contributed by atoms with Gasteiger partial charge in [-0.05, 0) is 42.7 Å². The summed E-state index contributed by atoms with van der Waals surface area (Å²) in [4.78, 5) is 2.58. The third-order valence-corrected chi connectivity index (χ3v) is 4.97. The lowest BCUT2D eigenvalue weighted by atomic mass is 9.85. The lowest BCUT2D eigenvalue weighted by molar-refractivity contribution is 0.0742. The molecule has 1 aliphatic heterocycles. The summed E-state index contributed by atoms with van der Waals surface area (Å²) in [5, 5.41) is 0. The number of hydrogen-bond acceptors (Lipinski definition) is 2. The van der Waals surface area contributed by atoms with Gasteiger partial charge in [0.05, 0.1) is 0 Å². The van der Waals surface area contributed by atoms with Crippen LogP contribution in [0.15, 0.2) is 24.3 Å². The smallest absolute Gasteiger partial charge is 0.0424 e. The first-order valence-corrected chi connectivity index (χ1v) is 8.09. The zero-order chi connectivity index (χ0) is 14.7. The van der Waals surface area contributed by atoms with Gasteiger partial charge in [-0.25, -0.2) is 0 Å². The lowest BCUT2D eigenvalue weighted by Crippen LogP contribution is -2.48. The van der Waals surface area contributed by atoms with Crippen molar-refractivity contribution >= 4 is 0 Å². The Morgan fingerprint density at radius 2 is 1.85 bits per heavy atom. The molecule has 1 aromatic rings. The van der Waals surface area contributed by atoms with E-state index < -0.39 is 0 Å². The Hall–Kier alpha value is -0.860. The molecule has 2 nitrogen and oxygen atoms in total. The number of likely N-dealkylation sites (tertiary alicyclic amines) is 1. The van der Waals surface area contributed by atoms with Gasteiger partial charge in [-0.1, -0.05) is 45.0 Å². The van der Waals surface area contributed by atoms with Crippen molar-refractivity contribution in [2.75, 3.05) is 13.1 Å². The first-order chi connectivity index (χ1) is 9.51. The fraction of sp³-hybridized carbons (Fsp3) is 0.667. The molecular formula is C18H30N2. The van der Waals surface area contributed by atoms with E-state index in [9.17, 15) is 0 Å². The topological polar surface area (TPSA) is 29.3 Å². The Balaban J connectivity index is 2.00. The third kappa shape index (κ3) is 3.62. The van der Waals surface area contributed by atoms with E-state index in [0.717, 1.165) is 24.8 Å². The summed E-state index contributed by atoms with van der Waals surface area (Å²) in [5.41, 5.74) is 9.08. The standard InChI is InChI=1S/C18H30N2/c1-5-16-6-8-17(9-7-16)18(19)12-20-11-13(2)10-14(3)15(20)4/h6-9,13-15,18H,5,10-12,19H2,1-4H3. The number of rotatable bonds is 4. The van der Waals surface area contributed by atoms with Crippen LogP contribution in [0.25, 0.3) is 0 Å². The summed E-state index contributed by atoms with van der Waals surface area (Å²) in [7, 11) is 0. The summed E-state index contributed by atoms with van der Waals surface area (Å²) < 4.78 is 0. The van der Waals surface area contributed by atoms with E-state index in [1.807, 2.05) is 0 Å². The summed E-state index contributed by atoms with van der Waals surface area (Å²) in [6.07, 6.45) is 2.44. The van der Waals surface area contributed by atoms with Gasteiger partial charge in [0, 0.05) is 25.2 Å². The van der Waals surface area contributed by atoms with Gasteiger partial charge in [-0.15, -0.1) is 0 Å². The van der Waals surface area contributed by atoms with Crippen LogP contribution in [0.3, 0.4) is 0 Å². The second-order valence-electron chi connectivity index (χ2n) is 6.71. The summed E-state index contributed by atoms with van der Waals surface area (Å²) in [6, 6.07) is 9.59. The molecule has 4 unspecified atom stereocenters. The molecule has 1 fully saturated rings. The van der Waals surface area contributed by atoms with Gasteiger partial charge in [-0.2, -0.15) is 0 Å². The molecule has 1 aromatic carbocycles. The molecule has 4 atom stereocenters. The number of nitrogens with two attached hydrogens (primary N) is 1. The molecule has 1 saturated heterocycles. The van der Waals surface area contributed by atoms with E-state index in [-0.39, 0.29) is 6.04 Å². The predicted molar refractivity (Wildman–Crippen MR) is 86.7 cm³/mol. The maximum atomic E-state index is 6.43. The van der Waals surface area contributed by atoms with Gasteiger partial charge < -0.3 is 5.73 Å². The number of nitrogens with zero attached hydrogens (tertiary/aromatic N) is 1. The van der Waals surface area contributed by atoms with E-state index in [0.29, 0.717) is 6.04 Å². The van der Waals surface area contributed by atoms with E-state index in [2.05, 4.69) is 56.9 Å². The summed E-state index contributed by atoms with van der Waals surface area (Å²) >= 11 is 0. The van der Waals surface area contributed by atoms with Crippen LogP contribution in [0, 0.1) is 11.8 Å². The van der Waals surface area contributed by atoms with Crippen LogP contribution in [-0.4, -0.2) is 24.0 Å². The molecule has 0 spiro atoms. The van der Waals surface area contributed by atoms with Crippen LogP contribution < -0.4 is 5.73 Å². The van der Waals surface area contributed by atoms with Gasteiger partial charge in [0.25, 0.3) is 0 Å². The molecule has 0 aliphatic carbocycles. The Morgan fingerprint density at radius 1 is 1.20 bits per heavy atom. The maximum absolute atomic E-state index is 6.43. The Kier molecular flexibility index (Phi) is 5.22. The van der Waals surface area contributed by atoms with E-state index in [4.69, 9.17) is 5.73 Å².